The van der Waals surface area contributed by atoms with Gasteiger partial charge in [0.1, 0.15) is 0 Å². The van der Waals surface area contributed by atoms with Crippen molar-refractivity contribution in [3.05, 3.63) is 23.3 Å². The normalized spacial score (nSPS) is 14.0. The molecule has 2 radical (unpaired) electrons. The van der Waals surface area contributed by atoms with Gasteiger partial charge >= 0.3 is 145 Å². The predicted molar refractivity (Wildman–Crippen MR) is 205 cm³/mol. The van der Waals surface area contributed by atoms with Gasteiger partial charge in [-0.05, 0) is 24.7 Å². The van der Waals surface area contributed by atoms with Gasteiger partial charge in [0.15, 0.2) is 0 Å². The molecule has 0 fully saturated rings. The van der Waals surface area contributed by atoms with Crippen molar-refractivity contribution in [2.24, 2.45) is 23.7 Å². The van der Waals surface area contributed by atoms with Crippen molar-refractivity contribution >= 4 is 45.0 Å². The Morgan fingerprint density at radius 1 is 0.469 bits per heavy atom. The Hall–Kier alpha value is -1.84. The van der Waals surface area contributed by atoms with Crippen LogP contribution in [0.1, 0.15) is 171 Å². The fourth-order valence-corrected chi connectivity index (χ4v) is 11.2. The van der Waals surface area contributed by atoms with Gasteiger partial charge in [0.05, 0.1) is 0 Å². The molecule has 4 N–H and O–H groups in total. The summed E-state index contributed by atoms with van der Waals surface area (Å²) in [7, 11) is 0. The molecule has 0 bridgehead atoms. The second-order valence-electron chi connectivity index (χ2n) is 13.4. The van der Waals surface area contributed by atoms with Gasteiger partial charge in [-0.1, -0.05) is 79.1 Å². The van der Waals surface area contributed by atoms with E-state index in [1.54, 1.807) is 8.87 Å². The van der Waals surface area contributed by atoms with Gasteiger partial charge in [0.25, 0.3) is 0 Å². The molecular weight excluding hydrogens is 727 g/mol. The molecule has 0 aliphatic heterocycles. The first-order valence-electron chi connectivity index (χ1n) is 19.3. The number of carboxylic acid groups (broad SMARTS) is 4. The van der Waals surface area contributed by atoms with E-state index in [2.05, 4.69) is 41.5 Å². The summed E-state index contributed by atoms with van der Waals surface area (Å²) >= 11 is -0.0388. The maximum absolute atomic E-state index is 10.8. The van der Waals surface area contributed by atoms with Crippen molar-refractivity contribution in [1.29, 1.82) is 0 Å². The maximum atomic E-state index is 10.8. The van der Waals surface area contributed by atoms with Crippen LogP contribution in [-0.4, -0.2) is 65.4 Å². The van der Waals surface area contributed by atoms with Crippen molar-refractivity contribution < 1.29 is 39.6 Å². The van der Waals surface area contributed by atoms with Crippen LogP contribution in [0.4, 0.5) is 0 Å². The molecule has 0 rings (SSSR count). The van der Waals surface area contributed by atoms with Crippen molar-refractivity contribution in [3.8, 4) is 0 Å². The van der Waals surface area contributed by atoms with E-state index in [0.29, 0.717) is 12.8 Å². The van der Waals surface area contributed by atoms with Crippen LogP contribution in [-0.2, 0) is 19.2 Å². The van der Waals surface area contributed by atoms with Crippen LogP contribution in [0.3, 0.4) is 0 Å². The fourth-order valence-electron chi connectivity index (χ4n) is 5.60. The molecule has 0 aromatic heterocycles. The van der Waals surface area contributed by atoms with Crippen LogP contribution in [0.5, 0.6) is 0 Å². The molecule has 0 aromatic rings. The van der Waals surface area contributed by atoms with Crippen molar-refractivity contribution in [2.45, 2.75) is 180 Å². The van der Waals surface area contributed by atoms with Crippen molar-refractivity contribution in [2.75, 3.05) is 0 Å². The van der Waals surface area contributed by atoms with Gasteiger partial charge in [-0.25, -0.2) is 19.2 Å². The molecule has 0 heterocycles. The fraction of sp³-hybridized carbons (Fsp3) is 0.800. The van der Waals surface area contributed by atoms with Crippen molar-refractivity contribution in [1.82, 2.24) is 0 Å². The predicted octanol–water partition coefficient (Wildman–Crippen LogP) is 11.3. The molecule has 0 aromatic carbocycles. The third-order valence-corrected chi connectivity index (χ3v) is 14.1. The minimum atomic E-state index is -1.19. The van der Waals surface area contributed by atoms with Crippen LogP contribution in [0, 0.1) is 23.7 Å². The molecule has 4 unspecified atom stereocenters. The monoisotopic (exact) mass is 802 g/mol. The number of unbranched alkanes of at least 4 members (excludes halogenated alkanes) is 4. The molecule has 0 amide bonds. The summed E-state index contributed by atoms with van der Waals surface area (Å²) in [4.78, 5) is 42.6. The Kier molecular flexibility index (Phi) is 37.8. The standard InChI is InChI=1S/2C12H20O4.2C8H17.Sn/c2*1-3-5-6-9(4-2)7-10(12(15)16)8-11(13)14;2*1-4-6-7-8(3)5-2;/h2*8-9H,3-7H2,1-2H3,(H,13,14)(H,15,16);2*8H,3-7H2,1-2H3;/b2*10-8-;;;. The SMILES string of the molecule is CCCCC(CC)C/C(=C/C(=O)O)C(=O)O.CCCCC(CC)C/C(=C/C(=O)O)C(=O)O.CCCCC(CC)[CH2][Sn][CH2]C(CC)CCCC. The molecule has 0 saturated carbocycles. The number of carbonyl (C=O) groups is 4. The van der Waals surface area contributed by atoms with Crippen LogP contribution >= 0.6 is 0 Å². The van der Waals surface area contributed by atoms with Crippen LogP contribution < -0.4 is 0 Å². The van der Waals surface area contributed by atoms with Gasteiger partial charge in [0, 0.05) is 23.3 Å². The van der Waals surface area contributed by atoms with E-state index >= 15 is 0 Å². The van der Waals surface area contributed by atoms with Gasteiger partial charge in [-0.15, -0.1) is 0 Å². The first-order valence-corrected chi connectivity index (χ1v) is 23.4. The zero-order valence-electron chi connectivity index (χ0n) is 32.5. The summed E-state index contributed by atoms with van der Waals surface area (Å²) in [6.45, 7) is 17.6. The number of hydrogen-bond acceptors (Lipinski definition) is 4. The van der Waals surface area contributed by atoms with Crippen LogP contribution in [0.25, 0.3) is 0 Å². The Labute approximate surface area is 310 Å². The molecule has 49 heavy (non-hydrogen) atoms. The third-order valence-electron chi connectivity index (χ3n) is 9.20. The molecule has 0 saturated heterocycles. The van der Waals surface area contributed by atoms with Crippen molar-refractivity contribution in [3.63, 3.8) is 0 Å². The number of rotatable bonds is 28. The second-order valence-corrected chi connectivity index (χ2v) is 17.1. The average molecular weight is 802 g/mol. The summed E-state index contributed by atoms with van der Waals surface area (Å²) in [6, 6.07) is 0. The van der Waals surface area contributed by atoms with Crippen LogP contribution in [0.15, 0.2) is 23.3 Å². The topological polar surface area (TPSA) is 149 Å². The Bertz CT molecular complexity index is 842. The number of carboxylic acids is 4. The van der Waals surface area contributed by atoms with Gasteiger partial charge in [-0.2, -0.15) is 0 Å². The zero-order chi connectivity index (χ0) is 38.0. The average Bonchev–Trinajstić information content (AvgIpc) is 3.06. The van der Waals surface area contributed by atoms with E-state index in [1.807, 2.05) is 13.8 Å². The molecule has 286 valence electrons. The molecule has 0 aliphatic carbocycles. The van der Waals surface area contributed by atoms with E-state index in [4.69, 9.17) is 20.4 Å². The molecule has 4 atom stereocenters. The molecule has 0 aliphatic rings. The number of hydrogen-bond donors (Lipinski definition) is 4. The summed E-state index contributed by atoms with van der Waals surface area (Å²) in [5, 5.41) is 34.8. The van der Waals surface area contributed by atoms with E-state index in [-0.39, 0.29) is 44.1 Å². The molecule has 0 spiro atoms. The van der Waals surface area contributed by atoms with Gasteiger partial charge in [-0.3, -0.25) is 0 Å². The summed E-state index contributed by atoms with van der Waals surface area (Å²) < 4.78 is 3.31. The zero-order valence-corrected chi connectivity index (χ0v) is 35.4. The minimum absolute atomic E-state index is 0.00421. The summed E-state index contributed by atoms with van der Waals surface area (Å²) in [6.07, 6.45) is 21.8. The molecule has 8 nitrogen and oxygen atoms in total. The van der Waals surface area contributed by atoms with E-state index in [0.717, 1.165) is 75.4 Å². The van der Waals surface area contributed by atoms with Gasteiger partial charge < -0.3 is 20.4 Å². The van der Waals surface area contributed by atoms with E-state index in [9.17, 15) is 19.2 Å². The quantitative estimate of drug-likeness (QED) is 0.0451. The molecule has 9 heteroatoms. The number of aliphatic carboxylic acids is 4. The van der Waals surface area contributed by atoms with E-state index in [1.165, 1.54) is 51.4 Å². The second kappa shape index (κ2) is 36.0. The Balaban J connectivity index is -0.000000648. The Morgan fingerprint density at radius 2 is 0.735 bits per heavy atom. The Morgan fingerprint density at radius 3 is 0.939 bits per heavy atom. The summed E-state index contributed by atoms with van der Waals surface area (Å²) in [5.41, 5.74) is -0.00842. The molecular formula is C40H74O8Sn. The first kappa shape index (κ1) is 51.5. The van der Waals surface area contributed by atoms with Crippen LogP contribution in [0.2, 0.25) is 8.87 Å². The third kappa shape index (κ3) is 33.1. The van der Waals surface area contributed by atoms with Gasteiger partial charge in [0.2, 0.25) is 0 Å². The van der Waals surface area contributed by atoms with E-state index < -0.39 is 23.9 Å². The summed E-state index contributed by atoms with van der Waals surface area (Å²) in [5.74, 6) is -1.93. The first-order chi connectivity index (χ1) is 23.3.